The quantitative estimate of drug-likeness (QED) is 0.754. The van der Waals surface area contributed by atoms with Gasteiger partial charge in [-0.3, -0.25) is 0 Å². The molecule has 0 aromatic heterocycles. The molecule has 0 radical (unpaired) electrons. The first-order valence-corrected chi connectivity index (χ1v) is 5.67. The van der Waals surface area contributed by atoms with E-state index in [2.05, 4.69) is 39.9 Å². The molecule has 2 nitrogen and oxygen atoms in total. The third kappa shape index (κ3) is 4.43. The molecule has 1 N–H and O–H groups in total. The van der Waals surface area contributed by atoms with Crippen LogP contribution in [0.1, 0.15) is 47.5 Å². The molecule has 1 saturated heterocycles. The molecule has 0 aliphatic carbocycles. The van der Waals surface area contributed by atoms with Crippen LogP contribution in [0.25, 0.3) is 0 Å². The number of hydrogen-bond donors (Lipinski definition) is 1. The zero-order valence-electron chi connectivity index (χ0n) is 10.3. The molecule has 1 unspecified atom stereocenters. The standard InChI is InChI=1S/C12H25NO/c1-11(2,3)9-13-8-10-6-7-12(4,5)14-10/h10,13H,6-9H2,1-5H3. The van der Waals surface area contributed by atoms with E-state index in [0.29, 0.717) is 11.5 Å². The van der Waals surface area contributed by atoms with Crippen molar-refractivity contribution in [2.45, 2.75) is 59.2 Å². The molecule has 0 spiro atoms. The van der Waals surface area contributed by atoms with E-state index < -0.39 is 0 Å². The fourth-order valence-corrected chi connectivity index (χ4v) is 1.83. The molecular formula is C12H25NO. The van der Waals surface area contributed by atoms with Crippen LogP contribution in [0.3, 0.4) is 0 Å². The van der Waals surface area contributed by atoms with E-state index in [-0.39, 0.29) is 5.60 Å². The molecule has 0 aromatic carbocycles. The molecule has 1 fully saturated rings. The molecule has 0 amide bonds. The Bertz CT molecular complexity index is 181. The molecule has 1 aliphatic rings. The van der Waals surface area contributed by atoms with E-state index in [1.165, 1.54) is 12.8 Å². The minimum Gasteiger partial charge on any atom is -0.371 e. The van der Waals surface area contributed by atoms with Crippen LogP contribution in [0.4, 0.5) is 0 Å². The molecule has 0 aromatic rings. The summed E-state index contributed by atoms with van der Waals surface area (Å²) in [7, 11) is 0. The smallest absolute Gasteiger partial charge is 0.0707 e. The Morgan fingerprint density at radius 1 is 1.36 bits per heavy atom. The maximum Gasteiger partial charge on any atom is 0.0707 e. The molecule has 0 saturated carbocycles. The van der Waals surface area contributed by atoms with Crippen molar-refractivity contribution in [2.24, 2.45) is 5.41 Å². The second kappa shape index (κ2) is 4.19. The zero-order valence-corrected chi connectivity index (χ0v) is 10.3. The summed E-state index contributed by atoms with van der Waals surface area (Å²) in [5.41, 5.74) is 0.474. The summed E-state index contributed by atoms with van der Waals surface area (Å²) in [6.07, 6.45) is 2.81. The SMILES string of the molecule is CC(C)(C)CNCC1CCC(C)(C)O1. The van der Waals surface area contributed by atoms with Crippen molar-refractivity contribution in [3.63, 3.8) is 0 Å². The van der Waals surface area contributed by atoms with Crippen LogP contribution in [0.5, 0.6) is 0 Å². The topological polar surface area (TPSA) is 21.3 Å². The molecule has 84 valence electrons. The summed E-state index contributed by atoms with van der Waals surface area (Å²) in [6.45, 7) is 13.2. The Balaban J connectivity index is 2.15. The Morgan fingerprint density at radius 2 is 2.00 bits per heavy atom. The van der Waals surface area contributed by atoms with Gasteiger partial charge in [-0.15, -0.1) is 0 Å². The van der Waals surface area contributed by atoms with Crippen LogP contribution in [0, 0.1) is 5.41 Å². The predicted molar refractivity (Wildman–Crippen MR) is 60.5 cm³/mol. The summed E-state index contributed by atoms with van der Waals surface area (Å²) >= 11 is 0. The number of ether oxygens (including phenoxy) is 1. The average molecular weight is 199 g/mol. The van der Waals surface area contributed by atoms with E-state index in [1.54, 1.807) is 0 Å². The average Bonchev–Trinajstić information content (AvgIpc) is 2.27. The van der Waals surface area contributed by atoms with Crippen molar-refractivity contribution in [1.29, 1.82) is 0 Å². The van der Waals surface area contributed by atoms with Gasteiger partial charge in [0.2, 0.25) is 0 Å². The van der Waals surface area contributed by atoms with Gasteiger partial charge in [0.05, 0.1) is 11.7 Å². The van der Waals surface area contributed by atoms with E-state index >= 15 is 0 Å². The third-order valence-corrected chi connectivity index (χ3v) is 2.58. The summed E-state index contributed by atoms with van der Waals surface area (Å²) in [4.78, 5) is 0. The first kappa shape index (κ1) is 12.0. The van der Waals surface area contributed by atoms with Gasteiger partial charge in [0, 0.05) is 13.1 Å². The van der Waals surface area contributed by atoms with Crippen molar-refractivity contribution in [2.75, 3.05) is 13.1 Å². The van der Waals surface area contributed by atoms with Gasteiger partial charge in [-0.25, -0.2) is 0 Å². The second-order valence-electron chi connectivity index (χ2n) is 6.23. The molecule has 1 aliphatic heterocycles. The Labute approximate surface area is 88.4 Å². The van der Waals surface area contributed by atoms with E-state index in [9.17, 15) is 0 Å². The number of rotatable bonds is 3. The van der Waals surface area contributed by atoms with Crippen molar-refractivity contribution in [3.8, 4) is 0 Å². The predicted octanol–water partition coefficient (Wildman–Crippen LogP) is 2.58. The van der Waals surface area contributed by atoms with E-state index in [1.807, 2.05) is 0 Å². The Kier molecular flexibility index (Phi) is 3.59. The lowest BCUT2D eigenvalue weighted by Crippen LogP contribution is -2.34. The minimum absolute atomic E-state index is 0.105. The molecule has 1 atom stereocenters. The zero-order chi connectivity index (χ0) is 10.8. The van der Waals surface area contributed by atoms with Crippen molar-refractivity contribution < 1.29 is 4.74 Å². The lowest BCUT2D eigenvalue weighted by atomic mass is 9.97. The Morgan fingerprint density at radius 3 is 2.43 bits per heavy atom. The maximum atomic E-state index is 5.90. The highest BCUT2D eigenvalue weighted by molar-refractivity contribution is 4.82. The molecule has 1 heterocycles. The van der Waals surface area contributed by atoms with Gasteiger partial charge >= 0.3 is 0 Å². The van der Waals surface area contributed by atoms with Gasteiger partial charge < -0.3 is 10.1 Å². The van der Waals surface area contributed by atoms with Gasteiger partial charge in [-0.2, -0.15) is 0 Å². The fourth-order valence-electron chi connectivity index (χ4n) is 1.83. The summed E-state index contributed by atoms with van der Waals surface area (Å²) in [5, 5.41) is 3.48. The van der Waals surface area contributed by atoms with E-state index in [4.69, 9.17) is 4.74 Å². The van der Waals surface area contributed by atoms with Gasteiger partial charge in [0.15, 0.2) is 0 Å². The molecule has 1 rings (SSSR count). The normalized spacial score (nSPS) is 26.8. The lowest BCUT2D eigenvalue weighted by Gasteiger charge is -2.22. The highest BCUT2D eigenvalue weighted by atomic mass is 16.5. The second-order valence-corrected chi connectivity index (χ2v) is 6.23. The Hall–Kier alpha value is -0.0800. The number of hydrogen-bond acceptors (Lipinski definition) is 2. The van der Waals surface area contributed by atoms with Crippen LogP contribution >= 0.6 is 0 Å². The van der Waals surface area contributed by atoms with Crippen LogP contribution < -0.4 is 5.32 Å². The van der Waals surface area contributed by atoms with Gasteiger partial charge in [-0.1, -0.05) is 20.8 Å². The highest BCUT2D eigenvalue weighted by Crippen LogP contribution is 2.28. The first-order chi connectivity index (χ1) is 6.29. The van der Waals surface area contributed by atoms with Gasteiger partial charge in [-0.05, 0) is 32.1 Å². The molecular weight excluding hydrogens is 174 g/mol. The maximum absolute atomic E-state index is 5.90. The first-order valence-electron chi connectivity index (χ1n) is 5.67. The lowest BCUT2D eigenvalue weighted by molar-refractivity contribution is -0.0147. The summed E-state index contributed by atoms with van der Waals surface area (Å²) < 4.78 is 5.90. The molecule has 2 heteroatoms. The van der Waals surface area contributed by atoms with Crippen molar-refractivity contribution in [3.05, 3.63) is 0 Å². The van der Waals surface area contributed by atoms with Gasteiger partial charge in [0.25, 0.3) is 0 Å². The fraction of sp³-hybridized carbons (Fsp3) is 1.00. The van der Waals surface area contributed by atoms with Crippen molar-refractivity contribution in [1.82, 2.24) is 5.32 Å². The third-order valence-electron chi connectivity index (χ3n) is 2.58. The van der Waals surface area contributed by atoms with Gasteiger partial charge in [0.1, 0.15) is 0 Å². The van der Waals surface area contributed by atoms with Crippen LogP contribution in [0.2, 0.25) is 0 Å². The number of nitrogens with one attached hydrogen (secondary N) is 1. The van der Waals surface area contributed by atoms with Crippen LogP contribution in [-0.2, 0) is 4.74 Å². The monoisotopic (exact) mass is 199 g/mol. The summed E-state index contributed by atoms with van der Waals surface area (Å²) in [6, 6.07) is 0. The summed E-state index contributed by atoms with van der Waals surface area (Å²) in [5.74, 6) is 0. The van der Waals surface area contributed by atoms with Crippen LogP contribution in [0.15, 0.2) is 0 Å². The highest BCUT2D eigenvalue weighted by Gasteiger charge is 2.31. The van der Waals surface area contributed by atoms with E-state index in [0.717, 1.165) is 13.1 Å². The van der Waals surface area contributed by atoms with Crippen LogP contribution in [-0.4, -0.2) is 24.8 Å². The largest absolute Gasteiger partial charge is 0.371 e. The molecule has 14 heavy (non-hydrogen) atoms. The molecule has 0 bridgehead atoms. The van der Waals surface area contributed by atoms with Crippen molar-refractivity contribution >= 4 is 0 Å². The minimum atomic E-state index is 0.105.